The molecule has 160 valence electrons. The average Bonchev–Trinajstić information content (AvgIpc) is 3.13. The van der Waals surface area contributed by atoms with Crippen molar-refractivity contribution in [3.05, 3.63) is 90.0 Å². The van der Waals surface area contributed by atoms with Crippen LogP contribution in [-0.2, 0) is 14.7 Å². The SMILES string of the molecule is [Cl][Ti+]([Cl])[Cl].[c-]1cccc2c1C([SiH](CC1CCCCC1)c1ccccc1)c1ccccc1-2. The Labute approximate surface area is 206 Å². The summed E-state index contributed by atoms with van der Waals surface area (Å²) in [5.41, 5.74) is 6.48. The van der Waals surface area contributed by atoms with Gasteiger partial charge in [-0.2, -0.15) is 24.3 Å². The Morgan fingerprint density at radius 1 is 0.806 bits per heavy atom. The van der Waals surface area contributed by atoms with Crippen LogP contribution in [0.25, 0.3) is 11.1 Å². The molecule has 2 atom stereocenters. The third-order valence-electron chi connectivity index (χ3n) is 6.73. The standard InChI is InChI=1S/C26H27Si.3ClH.Ti/c1-3-11-20(12-4-1)19-27(21-13-5-2-6-14-21)26-24-17-9-7-15-22(24)23-16-8-10-18-25(23)26;;;;/h2,5-10,13-17,20,26-27H,1,3-4,11-12,19H2;3*1H;/q-1;;;;+4/p-3. The number of hydrogen-bond acceptors (Lipinski definition) is 0. The minimum absolute atomic E-state index is 0.571. The van der Waals surface area contributed by atoms with Crippen LogP contribution < -0.4 is 5.19 Å². The van der Waals surface area contributed by atoms with Crippen molar-refractivity contribution in [1.82, 2.24) is 0 Å². The summed E-state index contributed by atoms with van der Waals surface area (Å²) in [4.78, 5) is 0. The summed E-state index contributed by atoms with van der Waals surface area (Å²) in [6.07, 6.45) is 7.19. The molecule has 3 aromatic carbocycles. The summed E-state index contributed by atoms with van der Waals surface area (Å²) in [5, 5.41) is 1.63. The van der Waals surface area contributed by atoms with E-state index in [9.17, 15) is 0 Å². The van der Waals surface area contributed by atoms with E-state index in [1.54, 1.807) is 10.8 Å². The third kappa shape index (κ3) is 5.88. The zero-order valence-electron chi connectivity index (χ0n) is 17.5. The van der Waals surface area contributed by atoms with Gasteiger partial charge in [0.15, 0.2) is 0 Å². The molecule has 31 heavy (non-hydrogen) atoms. The van der Waals surface area contributed by atoms with Crippen molar-refractivity contribution in [2.45, 2.75) is 43.7 Å². The molecule has 0 radical (unpaired) electrons. The Balaban J connectivity index is 0.000000535. The van der Waals surface area contributed by atoms with Gasteiger partial charge >= 0.3 is 42.6 Å². The van der Waals surface area contributed by atoms with E-state index >= 15 is 0 Å². The first kappa shape index (κ1) is 23.6. The quantitative estimate of drug-likeness (QED) is 0.242. The maximum atomic E-state index is 4.97. The van der Waals surface area contributed by atoms with Crippen molar-refractivity contribution in [2.75, 3.05) is 0 Å². The van der Waals surface area contributed by atoms with Crippen LogP contribution in [0.15, 0.2) is 72.8 Å². The molecule has 0 N–H and O–H groups in total. The van der Waals surface area contributed by atoms with E-state index in [1.807, 2.05) is 0 Å². The maximum absolute atomic E-state index is 4.97. The molecule has 2 aliphatic carbocycles. The predicted molar refractivity (Wildman–Crippen MR) is 135 cm³/mol. The van der Waals surface area contributed by atoms with E-state index in [0.717, 1.165) is 5.92 Å². The second-order valence-corrected chi connectivity index (χ2v) is 19.3. The minimum Gasteiger partial charge on any atom is -0.179 e. The minimum atomic E-state index is -1.92. The van der Waals surface area contributed by atoms with Crippen LogP contribution >= 0.6 is 27.9 Å². The topological polar surface area (TPSA) is 0 Å². The van der Waals surface area contributed by atoms with Crippen LogP contribution in [0.5, 0.6) is 0 Å². The molecule has 0 aliphatic heterocycles. The first-order chi connectivity index (χ1) is 15.1. The molecule has 0 spiro atoms. The number of halogens is 3. The molecular formula is C26H27Cl3SiTi. The summed E-state index contributed by atoms with van der Waals surface area (Å²) in [6, 6.07) is 32.3. The van der Waals surface area contributed by atoms with E-state index in [0.29, 0.717) is 5.54 Å². The summed E-state index contributed by atoms with van der Waals surface area (Å²) >= 11 is -1.92. The predicted octanol–water partition coefficient (Wildman–Crippen LogP) is 7.92. The largest absolute Gasteiger partial charge is 0.179 e. The molecule has 5 heteroatoms. The van der Waals surface area contributed by atoms with Gasteiger partial charge in [-0.05, 0) is 17.0 Å². The van der Waals surface area contributed by atoms with E-state index in [1.165, 1.54) is 54.8 Å². The van der Waals surface area contributed by atoms with Crippen LogP contribution in [0.1, 0.15) is 48.8 Å². The zero-order chi connectivity index (χ0) is 21.6. The van der Waals surface area contributed by atoms with Gasteiger partial charge in [-0.1, -0.05) is 103 Å². The summed E-state index contributed by atoms with van der Waals surface area (Å²) in [5.74, 6) is 0.926. The van der Waals surface area contributed by atoms with Crippen LogP contribution in [0, 0.1) is 12.0 Å². The van der Waals surface area contributed by atoms with Gasteiger partial charge in [-0.15, -0.1) is 11.1 Å². The van der Waals surface area contributed by atoms with E-state index in [-0.39, 0.29) is 0 Å². The molecule has 3 aromatic rings. The van der Waals surface area contributed by atoms with Crippen LogP contribution in [-0.4, -0.2) is 8.80 Å². The van der Waals surface area contributed by atoms with E-state index in [4.69, 9.17) is 27.9 Å². The second-order valence-electron chi connectivity index (χ2n) is 8.53. The molecule has 0 nitrogen and oxygen atoms in total. The fourth-order valence-electron chi connectivity index (χ4n) is 5.48. The Morgan fingerprint density at radius 2 is 1.45 bits per heavy atom. The summed E-state index contributed by atoms with van der Waals surface area (Å²) in [6.45, 7) is 0. The van der Waals surface area contributed by atoms with Gasteiger partial charge in [0, 0.05) is 0 Å². The smallest absolute Gasteiger partial charge is 0.0808 e. The number of benzene rings is 3. The van der Waals surface area contributed by atoms with Crippen LogP contribution in [0.2, 0.25) is 6.04 Å². The van der Waals surface area contributed by atoms with Crippen LogP contribution in [0.4, 0.5) is 0 Å². The molecule has 0 saturated heterocycles. The molecule has 5 rings (SSSR count). The first-order valence-corrected chi connectivity index (χ1v) is 19.6. The van der Waals surface area contributed by atoms with Crippen molar-refractivity contribution in [3.63, 3.8) is 0 Å². The normalized spacial score (nSPS) is 18.4. The second kappa shape index (κ2) is 11.5. The van der Waals surface area contributed by atoms with Gasteiger partial charge < -0.3 is 0 Å². The van der Waals surface area contributed by atoms with E-state index < -0.39 is 23.5 Å². The van der Waals surface area contributed by atoms with Gasteiger partial charge in [-0.3, -0.25) is 0 Å². The monoisotopic (exact) mass is 520 g/mol. The van der Waals surface area contributed by atoms with Crippen molar-refractivity contribution < 1.29 is 14.7 Å². The zero-order valence-corrected chi connectivity index (χ0v) is 22.5. The molecule has 2 aliphatic rings. The Morgan fingerprint density at radius 3 is 2.19 bits per heavy atom. The number of hydrogen-bond donors (Lipinski definition) is 0. The molecule has 0 heterocycles. The Bertz CT molecular complexity index is 925. The summed E-state index contributed by atoms with van der Waals surface area (Å²) < 4.78 is 0. The molecule has 1 saturated carbocycles. The molecule has 0 aromatic heterocycles. The van der Waals surface area contributed by atoms with Crippen LogP contribution in [0.3, 0.4) is 0 Å². The van der Waals surface area contributed by atoms with Gasteiger partial charge in [0.2, 0.25) is 0 Å². The molecule has 0 bridgehead atoms. The van der Waals surface area contributed by atoms with Gasteiger partial charge in [-0.25, -0.2) is 0 Å². The fraction of sp³-hybridized carbons (Fsp3) is 0.308. The molecule has 1 fully saturated rings. The molecule has 2 unspecified atom stereocenters. The summed E-state index contributed by atoms with van der Waals surface area (Å²) in [7, 11) is 13.7. The van der Waals surface area contributed by atoms with Gasteiger partial charge in [0.05, 0.1) is 8.80 Å². The average molecular weight is 522 g/mol. The van der Waals surface area contributed by atoms with E-state index in [2.05, 4.69) is 78.9 Å². The first-order valence-electron chi connectivity index (χ1n) is 11.1. The van der Waals surface area contributed by atoms with Crippen molar-refractivity contribution in [1.29, 1.82) is 0 Å². The number of rotatable bonds is 4. The molecule has 0 amide bonds. The van der Waals surface area contributed by atoms with Crippen molar-refractivity contribution >= 4 is 41.9 Å². The fourth-order valence-corrected chi connectivity index (χ4v) is 9.71. The molecular weight excluding hydrogens is 495 g/mol. The Hall–Kier alpha value is -0.539. The third-order valence-corrected chi connectivity index (χ3v) is 10.6. The number of fused-ring (bicyclic) bond motifs is 3. The Kier molecular flexibility index (Phi) is 8.80. The van der Waals surface area contributed by atoms with Gasteiger partial charge in [0.25, 0.3) is 0 Å². The van der Waals surface area contributed by atoms with Crippen molar-refractivity contribution in [3.8, 4) is 11.1 Å². The van der Waals surface area contributed by atoms with Crippen molar-refractivity contribution in [2.24, 2.45) is 5.92 Å². The maximum Gasteiger partial charge on any atom is 0.0808 e. The van der Waals surface area contributed by atoms with Gasteiger partial charge in [0.1, 0.15) is 0 Å².